The summed E-state index contributed by atoms with van der Waals surface area (Å²) in [6.45, 7) is 10.3. The molecule has 1 saturated heterocycles. The molecule has 3 heteroatoms. The van der Waals surface area contributed by atoms with Crippen molar-refractivity contribution in [1.29, 1.82) is 0 Å². The van der Waals surface area contributed by atoms with Crippen molar-refractivity contribution in [3.8, 4) is 0 Å². The van der Waals surface area contributed by atoms with Crippen molar-refractivity contribution >= 4 is 18.6 Å². The van der Waals surface area contributed by atoms with Crippen molar-refractivity contribution in [3.05, 3.63) is 46.8 Å². The summed E-state index contributed by atoms with van der Waals surface area (Å²) in [4.78, 5) is 1.40. The number of allylic oxidation sites excluding steroid dienone is 2. The Hall–Kier alpha value is -0.955. The van der Waals surface area contributed by atoms with Crippen molar-refractivity contribution < 1.29 is 0 Å². The van der Waals surface area contributed by atoms with Crippen molar-refractivity contribution in [2.24, 2.45) is 5.92 Å². The molecule has 0 aromatic carbocycles. The molecule has 19 heavy (non-hydrogen) atoms. The second-order valence-electron chi connectivity index (χ2n) is 5.88. The summed E-state index contributed by atoms with van der Waals surface area (Å²) in [5.41, 5.74) is 2.50. The van der Waals surface area contributed by atoms with E-state index in [1.807, 2.05) is 11.3 Å². The van der Waals surface area contributed by atoms with Gasteiger partial charge in [0.1, 0.15) is 7.28 Å². The van der Waals surface area contributed by atoms with Crippen LogP contribution in [0, 0.1) is 5.92 Å². The van der Waals surface area contributed by atoms with Crippen LogP contribution in [0.3, 0.4) is 0 Å². The Bertz CT molecular complexity index is 416. The van der Waals surface area contributed by atoms with E-state index in [0.717, 1.165) is 12.3 Å². The van der Waals surface area contributed by atoms with Gasteiger partial charge in [0.25, 0.3) is 0 Å². The topological polar surface area (TPSA) is 12.0 Å². The average molecular weight is 273 g/mol. The van der Waals surface area contributed by atoms with Crippen LogP contribution in [0.5, 0.6) is 0 Å². The largest absolute Gasteiger partial charge is 0.393 e. The lowest BCUT2D eigenvalue weighted by atomic mass is 9.55. The summed E-state index contributed by atoms with van der Waals surface area (Å²) in [7, 11) is 1.28. The monoisotopic (exact) mass is 273 g/mol. The van der Waals surface area contributed by atoms with E-state index in [4.69, 9.17) is 0 Å². The van der Waals surface area contributed by atoms with Crippen molar-refractivity contribution in [2.45, 2.75) is 44.9 Å². The third-order valence-corrected chi connectivity index (χ3v) is 4.74. The zero-order valence-electron chi connectivity index (χ0n) is 12.0. The lowest BCUT2D eigenvalue weighted by Crippen LogP contribution is -2.38. The lowest BCUT2D eigenvalue weighted by molar-refractivity contribution is 0.452. The number of rotatable bonds is 6. The minimum absolute atomic E-state index is 0.633. The lowest BCUT2D eigenvalue weighted by Gasteiger charge is -2.29. The van der Waals surface area contributed by atoms with Crippen LogP contribution in [-0.4, -0.2) is 13.2 Å². The molecule has 1 aliphatic heterocycles. The van der Waals surface area contributed by atoms with E-state index >= 15 is 0 Å². The highest BCUT2D eigenvalue weighted by atomic mass is 32.1. The van der Waals surface area contributed by atoms with E-state index in [0.29, 0.717) is 5.94 Å². The van der Waals surface area contributed by atoms with Gasteiger partial charge in [-0.15, -0.1) is 17.9 Å². The van der Waals surface area contributed by atoms with Crippen molar-refractivity contribution in [2.75, 3.05) is 0 Å². The van der Waals surface area contributed by atoms with Gasteiger partial charge in [-0.2, -0.15) is 0 Å². The summed E-state index contributed by atoms with van der Waals surface area (Å²) >= 11 is 1.81. The molecule has 2 heterocycles. The average Bonchev–Trinajstić information content (AvgIpc) is 2.83. The van der Waals surface area contributed by atoms with Gasteiger partial charge < -0.3 is 5.32 Å². The molecule has 0 radical (unpaired) electrons. The predicted octanol–water partition coefficient (Wildman–Crippen LogP) is 3.95. The molecule has 2 atom stereocenters. The maximum atomic E-state index is 4.17. The van der Waals surface area contributed by atoms with Crippen LogP contribution in [-0.2, 0) is 6.42 Å². The fourth-order valence-corrected chi connectivity index (χ4v) is 3.71. The van der Waals surface area contributed by atoms with Gasteiger partial charge in [-0.1, -0.05) is 24.5 Å². The van der Waals surface area contributed by atoms with Crippen LogP contribution in [0.25, 0.3) is 0 Å². The Morgan fingerprint density at radius 1 is 1.47 bits per heavy atom. The molecular formula is C16H24BNS. The summed E-state index contributed by atoms with van der Waals surface area (Å²) < 4.78 is 0. The third-order valence-electron chi connectivity index (χ3n) is 3.86. The van der Waals surface area contributed by atoms with Crippen molar-refractivity contribution in [3.63, 3.8) is 0 Å². The minimum atomic E-state index is 0.633. The maximum Gasteiger partial charge on any atom is 0.149 e. The molecule has 2 unspecified atom stereocenters. The Balaban J connectivity index is 1.70. The van der Waals surface area contributed by atoms with Gasteiger partial charge in [0.2, 0.25) is 0 Å². The summed E-state index contributed by atoms with van der Waals surface area (Å²) in [5.74, 6) is 1.50. The van der Waals surface area contributed by atoms with Gasteiger partial charge >= 0.3 is 0 Å². The van der Waals surface area contributed by atoms with Gasteiger partial charge in [0.15, 0.2) is 0 Å². The summed E-state index contributed by atoms with van der Waals surface area (Å²) in [6.07, 6.45) is 6.13. The Kier molecular flexibility index (Phi) is 5.32. The standard InChI is InChI=1S/C16H24BNS/c1-12(2)9-14-6-7-16(17-11-14)18-13(3)10-15-5-4-8-19-15/h4-5,8,14,16-18H,1,3,6-7,9-11H2,2H3. The molecule has 102 valence electrons. The van der Waals surface area contributed by atoms with Crippen LogP contribution in [0.15, 0.2) is 41.9 Å². The highest BCUT2D eigenvalue weighted by Gasteiger charge is 2.22. The number of hydrogen-bond acceptors (Lipinski definition) is 2. The summed E-state index contributed by atoms with van der Waals surface area (Å²) in [6, 6.07) is 4.29. The van der Waals surface area contributed by atoms with Gasteiger partial charge in [0.05, 0.1) is 0 Å². The third kappa shape index (κ3) is 4.91. The highest BCUT2D eigenvalue weighted by Crippen LogP contribution is 2.26. The van der Waals surface area contributed by atoms with E-state index in [1.54, 1.807) is 0 Å². The molecule has 0 amide bonds. The Morgan fingerprint density at radius 3 is 2.89 bits per heavy atom. The fourth-order valence-electron chi connectivity index (χ4n) is 2.97. The molecule has 0 saturated carbocycles. The molecule has 0 aliphatic carbocycles. The summed E-state index contributed by atoms with van der Waals surface area (Å²) in [5, 5.41) is 5.75. The number of nitrogens with one attached hydrogen (secondary N) is 1. The van der Waals surface area contributed by atoms with Crippen LogP contribution < -0.4 is 5.32 Å². The number of thiophene rings is 1. The van der Waals surface area contributed by atoms with Gasteiger partial charge in [-0.3, -0.25) is 0 Å². The Labute approximate surface area is 122 Å². The normalized spacial score (nSPS) is 22.6. The quantitative estimate of drug-likeness (QED) is 0.611. The minimum Gasteiger partial charge on any atom is -0.393 e. The first-order valence-electron chi connectivity index (χ1n) is 7.24. The molecule has 1 aromatic heterocycles. The first-order valence-corrected chi connectivity index (χ1v) is 8.12. The Morgan fingerprint density at radius 2 is 2.32 bits per heavy atom. The molecule has 1 fully saturated rings. The SMILES string of the molecule is C=C(C)CC1CBC(NC(=C)Cc2cccs2)CC1. The van der Waals surface area contributed by atoms with E-state index < -0.39 is 0 Å². The second-order valence-corrected chi connectivity index (χ2v) is 6.92. The molecule has 0 spiro atoms. The van der Waals surface area contributed by atoms with Crippen LogP contribution >= 0.6 is 11.3 Å². The highest BCUT2D eigenvalue weighted by molar-refractivity contribution is 7.09. The molecule has 1 nitrogen and oxygen atoms in total. The smallest absolute Gasteiger partial charge is 0.149 e. The number of hydrogen-bond donors (Lipinski definition) is 1. The van der Waals surface area contributed by atoms with E-state index in [1.165, 1.54) is 49.0 Å². The molecule has 0 bridgehead atoms. The zero-order chi connectivity index (χ0) is 13.7. The van der Waals surface area contributed by atoms with E-state index in [9.17, 15) is 0 Å². The molecule has 2 rings (SSSR count). The van der Waals surface area contributed by atoms with Crippen LogP contribution in [0.1, 0.15) is 31.1 Å². The first kappa shape index (κ1) is 14.5. The predicted molar refractivity (Wildman–Crippen MR) is 88.2 cm³/mol. The van der Waals surface area contributed by atoms with Gasteiger partial charge in [-0.05, 0) is 49.5 Å². The molecule has 1 N–H and O–H groups in total. The zero-order valence-corrected chi connectivity index (χ0v) is 12.8. The molecule has 1 aromatic rings. The van der Waals surface area contributed by atoms with Gasteiger partial charge in [-0.25, -0.2) is 0 Å². The fraction of sp³-hybridized carbons (Fsp3) is 0.500. The van der Waals surface area contributed by atoms with Crippen LogP contribution in [0.2, 0.25) is 6.32 Å². The molecular weight excluding hydrogens is 249 g/mol. The van der Waals surface area contributed by atoms with Crippen molar-refractivity contribution in [1.82, 2.24) is 5.32 Å². The second kappa shape index (κ2) is 7.00. The van der Waals surface area contributed by atoms with E-state index in [-0.39, 0.29) is 0 Å². The maximum absolute atomic E-state index is 4.17. The first-order chi connectivity index (χ1) is 9.13. The van der Waals surface area contributed by atoms with Crippen LogP contribution in [0.4, 0.5) is 0 Å². The molecule has 1 aliphatic rings. The van der Waals surface area contributed by atoms with Gasteiger partial charge in [0, 0.05) is 17.0 Å². The van der Waals surface area contributed by atoms with E-state index in [2.05, 4.69) is 42.9 Å².